The fraction of sp³-hybridized carbons (Fsp3) is 0.240. The van der Waals surface area contributed by atoms with Crippen molar-refractivity contribution in [3.05, 3.63) is 99.1 Å². The van der Waals surface area contributed by atoms with Crippen molar-refractivity contribution in [3.63, 3.8) is 0 Å². The molecular formula is C25H23F3N2O7S. The molecule has 0 aliphatic heterocycles. The van der Waals surface area contributed by atoms with E-state index in [-0.39, 0.29) is 36.7 Å². The lowest BCUT2D eigenvalue weighted by Crippen LogP contribution is -2.33. The van der Waals surface area contributed by atoms with E-state index < -0.39 is 37.6 Å². The van der Waals surface area contributed by atoms with Gasteiger partial charge in [-0.05, 0) is 48.9 Å². The Morgan fingerprint density at radius 1 is 1.05 bits per heavy atom. The molecule has 0 saturated heterocycles. The highest BCUT2D eigenvalue weighted by atomic mass is 32.2. The van der Waals surface area contributed by atoms with Crippen LogP contribution in [0.25, 0.3) is 0 Å². The molecule has 0 aromatic heterocycles. The Hall–Kier alpha value is -3.97. The Bertz CT molecular complexity index is 1440. The average molecular weight is 553 g/mol. The highest BCUT2D eigenvalue weighted by Gasteiger charge is 2.32. The molecule has 0 heterocycles. The van der Waals surface area contributed by atoms with E-state index in [1.54, 1.807) is 13.0 Å². The molecule has 13 heteroatoms. The SMILES string of the molecule is COCCN(Cc1cccc(OS(=O)(=O)c2cccc(C(F)(F)F)c2)c1)C(=O)c1ccc(C)c([N+](=O)[O-])c1. The number of ether oxygens (including phenoxy) is 1. The molecule has 0 unspecified atom stereocenters. The number of rotatable bonds is 10. The molecular weight excluding hydrogens is 529 g/mol. The van der Waals surface area contributed by atoms with Gasteiger partial charge in [0.1, 0.15) is 10.6 Å². The molecule has 3 aromatic rings. The number of hydrogen-bond acceptors (Lipinski definition) is 7. The van der Waals surface area contributed by atoms with Crippen molar-refractivity contribution in [1.29, 1.82) is 0 Å². The molecule has 0 bridgehead atoms. The lowest BCUT2D eigenvalue weighted by molar-refractivity contribution is -0.385. The van der Waals surface area contributed by atoms with Crippen molar-refractivity contribution in [3.8, 4) is 5.75 Å². The van der Waals surface area contributed by atoms with Crippen molar-refractivity contribution >= 4 is 21.7 Å². The molecule has 0 fully saturated rings. The number of amides is 1. The van der Waals surface area contributed by atoms with Crippen LogP contribution in [0.1, 0.15) is 27.0 Å². The highest BCUT2D eigenvalue weighted by Crippen LogP contribution is 2.31. The maximum absolute atomic E-state index is 13.2. The second-order valence-corrected chi connectivity index (χ2v) is 9.73. The first-order valence-corrected chi connectivity index (χ1v) is 12.5. The molecule has 0 atom stereocenters. The number of carbonyl (C=O) groups is 1. The van der Waals surface area contributed by atoms with E-state index in [9.17, 15) is 36.5 Å². The zero-order valence-corrected chi connectivity index (χ0v) is 21.1. The number of nitro groups is 1. The first-order valence-electron chi connectivity index (χ1n) is 11.1. The van der Waals surface area contributed by atoms with E-state index >= 15 is 0 Å². The van der Waals surface area contributed by atoms with E-state index in [0.29, 0.717) is 17.2 Å². The summed E-state index contributed by atoms with van der Waals surface area (Å²) in [5.74, 6) is -0.696. The van der Waals surface area contributed by atoms with Crippen LogP contribution >= 0.6 is 0 Å². The molecule has 0 aliphatic rings. The fourth-order valence-electron chi connectivity index (χ4n) is 3.49. The molecule has 3 aromatic carbocycles. The third-order valence-corrected chi connectivity index (χ3v) is 6.68. The highest BCUT2D eigenvalue weighted by molar-refractivity contribution is 7.87. The van der Waals surface area contributed by atoms with E-state index in [0.717, 1.165) is 18.2 Å². The van der Waals surface area contributed by atoms with Crippen molar-refractivity contribution in [2.45, 2.75) is 24.5 Å². The van der Waals surface area contributed by atoms with Crippen LogP contribution in [0.15, 0.2) is 71.6 Å². The maximum Gasteiger partial charge on any atom is 0.416 e. The van der Waals surface area contributed by atoms with Crippen LogP contribution in [0.2, 0.25) is 0 Å². The van der Waals surface area contributed by atoms with E-state index in [4.69, 9.17) is 8.92 Å². The second-order valence-electron chi connectivity index (χ2n) is 8.19. The standard InChI is InChI=1S/C25H23F3N2O7S/c1-17-9-10-19(14-23(17)30(32)33)24(31)29(11-12-36-2)16-18-5-3-7-21(13-18)37-38(34,35)22-8-4-6-20(15-22)25(26,27)28/h3-10,13-15H,11-12,16H2,1-2H3. The largest absolute Gasteiger partial charge is 0.416 e. The van der Waals surface area contributed by atoms with Gasteiger partial charge in [-0.1, -0.05) is 24.3 Å². The predicted molar refractivity (Wildman–Crippen MR) is 130 cm³/mol. The molecule has 0 spiro atoms. The van der Waals surface area contributed by atoms with Crippen molar-refractivity contribution in [1.82, 2.24) is 4.90 Å². The van der Waals surface area contributed by atoms with Gasteiger partial charge < -0.3 is 13.8 Å². The number of alkyl halides is 3. The number of nitrogens with zero attached hydrogens (tertiary/aromatic N) is 2. The van der Waals surface area contributed by atoms with Crippen molar-refractivity contribution in [2.75, 3.05) is 20.3 Å². The van der Waals surface area contributed by atoms with Gasteiger partial charge in [-0.25, -0.2) is 0 Å². The predicted octanol–water partition coefficient (Wildman–Crippen LogP) is 4.98. The normalized spacial score (nSPS) is 11.7. The van der Waals surface area contributed by atoms with Crippen LogP contribution in [0.3, 0.4) is 0 Å². The zero-order valence-electron chi connectivity index (χ0n) is 20.3. The maximum atomic E-state index is 13.2. The Morgan fingerprint density at radius 3 is 2.42 bits per heavy atom. The van der Waals surface area contributed by atoms with Crippen LogP contribution in [-0.2, 0) is 27.6 Å². The molecule has 38 heavy (non-hydrogen) atoms. The summed E-state index contributed by atoms with van der Waals surface area (Å²) in [7, 11) is -3.16. The van der Waals surface area contributed by atoms with Gasteiger partial charge >= 0.3 is 16.3 Å². The summed E-state index contributed by atoms with van der Waals surface area (Å²) >= 11 is 0. The summed E-state index contributed by atoms with van der Waals surface area (Å²) < 4.78 is 74.4. The van der Waals surface area contributed by atoms with E-state index in [1.807, 2.05) is 0 Å². The zero-order chi connectivity index (χ0) is 28.1. The first kappa shape index (κ1) is 28.6. The fourth-order valence-corrected chi connectivity index (χ4v) is 4.46. The Kier molecular flexibility index (Phi) is 8.74. The lowest BCUT2D eigenvalue weighted by atomic mass is 10.1. The molecule has 9 nitrogen and oxygen atoms in total. The number of carbonyl (C=O) groups excluding carboxylic acids is 1. The van der Waals surface area contributed by atoms with Gasteiger partial charge in [0, 0.05) is 37.4 Å². The quantitative estimate of drug-likeness (QED) is 0.198. The van der Waals surface area contributed by atoms with E-state index in [2.05, 4.69) is 0 Å². The van der Waals surface area contributed by atoms with Gasteiger partial charge in [0.05, 0.1) is 17.1 Å². The number of methoxy groups -OCH3 is 1. The molecule has 0 N–H and O–H groups in total. The summed E-state index contributed by atoms with van der Waals surface area (Å²) in [6, 6.07) is 13.0. The smallest absolute Gasteiger partial charge is 0.383 e. The molecule has 0 aliphatic carbocycles. The van der Waals surface area contributed by atoms with Crippen LogP contribution in [0.4, 0.5) is 18.9 Å². The van der Waals surface area contributed by atoms with Gasteiger partial charge in [0.2, 0.25) is 0 Å². The minimum absolute atomic E-state index is 0.0370. The number of hydrogen-bond donors (Lipinski definition) is 0. The van der Waals surface area contributed by atoms with Crippen molar-refractivity contribution < 1.29 is 40.2 Å². The summed E-state index contributed by atoms with van der Waals surface area (Å²) in [6.07, 6.45) is -4.73. The van der Waals surface area contributed by atoms with Gasteiger partial charge in [-0.2, -0.15) is 21.6 Å². The number of nitro benzene ring substituents is 1. The van der Waals surface area contributed by atoms with Gasteiger partial charge in [-0.15, -0.1) is 0 Å². The molecule has 202 valence electrons. The summed E-state index contributed by atoms with van der Waals surface area (Å²) in [5.41, 5.74) is -0.440. The number of halogens is 3. The van der Waals surface area contributed by atoms with Crippen LogP contribution in [0.5, 0.6) is 5.75 Å². The molecule has 0 saturated carbocycles. The summed E-state index contributed by atoms with van der Waals surface area (Å²) in [4.78, 5) is 24.6. The molecule has 1 amide bonds. The van der Waals surface area contributed by atoms with E-state index in [1.165, 1.54) is 48.4 Å². The van der Waals surface area contributed by atoms with Gasteiger partial charge in [0.25, 0.3) is 11.6 Å². The van der Waals surface area contributed by atoms with Gasteiger partial charge in [-0.3, -0.25) is 14.9 Å². The van der Waals surface area contributed by atoms with Crippen LogP contribution in [0, 0.1) is 17.0 Å². The first-order chi connectivity index (χ1) is 17.8. The van der Waals surface area contributed by atoms with Crippen molar-refractivity contribution in [2.24, 2.45) is 0 Å². The third kappa shape index (κ3) is 7.07. The number of benzene rings is 3. The lowest BCUT2D eigenvalue weighted by Gasteiger charge is -2.23. The summed E-state index contributed by atoms with van der Waals surface area (Å²) in [5, 5.41) is 11.3. The summed E-state index contributed by atoms with van der Waals surface area (Å²) in [6.45, 7) is 1.78. The monoisotopic (exact) mass is 552 g/mol. The molecule has 0 radical (unpaired) electrons. The minimum atomic E-state index is -4.73. The topological polar surface area (TPSA) is 116 Å². The minimum Gasteiger partial charge on any atom is -0.383 e. The van der Waals surface area contributed by atoms with Crippen LogP contribution < -0.4 is 4.18 Å². The van der Waals surface area contributed by atoms with Gasteiger partial charge in [0.15, 0.2) is 0 Å². The number of aryl methyl sites for hydroxylation is 1. The Morgan fingerprint density at radius 2 is 1.76 bits per heavy atom. The Labute approximate surface area is 216 Å². The van der Waals surface area contributed by atoms with Crippen LogP contribution in [-0.4, -0.2) is 44.4 Å². The average Bonchev–Trinajstić information content (AvgIpc) is 2.86. The Balaban J connectivity index is 1.85. The molecule has 3 rings (SSSR count). The third-order valence-electron chi connectivity index (χ3n) is 5.43. The second kappa shape index (κ2) is 11.6.